The topological polar surface area (TPSA) is 24.9 Å². The van der Waals surface area contributed by atoms with Crippen LogP contribution in [0, 0.1) is 18.7 Å². The van der Waals surface area contributed by atoms with Gasteiger partial charge >= 0.3 is 0 Å². The van der Waals surface area contributed by atoms with Crippen molar-refractivity contribution in [1.29, 1.82) is 0 Å². The highest BCUT2D eigenvalue weighted by Crippen LogP contribution is 2.24. The lowest BCUT2D eigenvalue weighted by atomic mass is 10.1. The molecule has 0 aliphatic carbocycles. The van der Waals surface area contributed by atoms with Crippen molar-refractivity contribution in [1.82, 2.24) is 10.3 Å². The maximum atomic E-state index is 14.0. The van der Waals surface area contributed by atoms with Crippen LogP contribution in [0.2, 0.25) is 5.02 Å². The molecule has 0 fully saturated rings. The van der Waals surface area contributed by atoms with Gasteiger partial charge in [0.1, 0.15) is 5.82 Å². The molecule has 2 aromatic rings. The number of hydrogen-bond acceptors (Lipinski definition) is 2. The highest BCUT2D eigenvalue weighted by atomic mass is 35.5. The first kappa shape index (κ1) is 16.9. The molecule has 0 saturated carbocycles. The maximum absolute atomic E-state index is 14.0. The Morgan fingerprint density at radius 2 is 1.91 bits per heavy atom. The zero-order chi connectivity index (χ0) is 16.3. The van der Waals surface area contributed by atoms with Crippen LogP contribution < -0.4 is 5.32 Å². The third-order valence-corrected chi connectivity index (χ3v) is 4.39. The van der Waals surface area contributed by atoms with Gasteiger partial charge in [0.15, 0.2) is 0 Å². The Balaban J connectivity index is 2.24. The van der Waals surface area contributed by atoms with Crippen LogP contribution in [0.5, 0.6) is 0 Å². The molecular formula is C18H22ClFN2. The van der Waals surface area contributed by atoms with Crippen LogP contribution in [0.1, 0.15) is 32.0 Å². The largest absolute Gasteiger partial charge is 0.308 e. The molecule has 1 N–H and O–H groups in total. The first-order valence-corrected chi connectivity index (χ1v) is 7.91. The van der Waals surface area contributed by atoms with Gasteiger partial charge in [-0.2, -0.15) is 0 Å². The van der Waals surface area contributed by atoms with Crippen LogP contribution >= 0.6 is 11.6 Å². The van der Waals surface area contributed by atoms with Crippen LogP contribution in [0.25, 0.3) is 11.3 Å². The molecule has 0 bridgehead atoms. The number of aromatic nitrogens is 1. The molecule has 22 heavy (non-hydrogen) atoms. The molecule has 0 unspecified atom stereocenters. The summed E-state index contributed by atoms with van der Waals surface area (Å²) < 4.78 is 14.0. The second kappa shape index (κ2) is 7.21. The van der Waals surface area contributed by atoms with E-state index in [9.17, 15) is 4.39 Å². The van der Waals surface area contributed by atoms with Gasteiger partial charge in [0.25, 0.3) is 0 Å². The van der Waals surface area contributed by atoms with Crippen molar-refractivity contribution in [2.75, 3.05) is 0 Å². The third-order valence-electron chi connectivity index (χ3n) is 3.96. The lowest BCUT2D eigenvalue weighted by Gasteiger charge is -2.17. The number of aryl methyl sites for hydroxylation is 1. The van der Waals surface area contributed by atoms with Gasteiger partial charge in [-0.15, -0.1) is 0 Å². The van der Waals surface area contributed by atoms with E-state index in [1.54, 1.807) is 6.07 Å². The van der Waals surface area contributed by atoms with Gasteiger partial charge < -0.3 is 5.32 Å². The first-order valence-electron chi connectivity index (χ1n) is 7.54. The highest BCUT2D eigenvalue weighted by Gasteiger charge is 2.11. The van der Waals surface area contributed by atoms with Crippen LogP contribution in [0.15, 0.2) is 30.3 Å². The molecule has 1 aromatic carbocycles. The fourth-order valence-corrected chi connectivity index (χ4v) is 2.18. The summed E-state index contributed by atoms with van der Waals surface area (Å²) in [5.74, 6) is 0.211. The van der Waals surface area contributed by atoms with Gasteiger partial charge in [0.2, 0.25) is 0 Å². The second-order valence-electron chi connectivity index (χ2n) is 6.00. The molecule has 1 atom stereocenters. The SMILES string of the molecule is Cc1cc(-c2ccc(F)c(CN[C@H](C)C(C)C)n2)ccc1Cl. The summed E-state index contributed by atoms with van der Waals surface area (Å²) >= 11 is 6.05. The molecule has 0 aliphatic rings. The molecule has 0 amide bonds. The first-order chi connectivity index (χ1) is 10.4. The normalized spacial score (nSPS) is 12.7. The molecule has 1 aromatic heterocycles. The number of nitrogens with one attached hydrogen (secondary N) is 1. The Kier molecular flexibility index (Phi) is 5.54. The van der Waals surface area contributed by atoms with E-state index in [0.717, 1.165) is 21.8 Å². The maximum Gasteiger partial charge on any atom is 0.146 e. The van der Waals surface area contributed by atoms with Gasteiger partial charge in [0.05, 0.1) is 11.4 Å². The van der Waals surface area contributed by atoms with Gasteiger partial charge in [-0.3, -0.25) is 0 Å². The summed E-state index contributed by atoms with van der Waals surface area (Å²) in [5, 5.41) is 4.04. The molecule has 0 spiro atoms. The predicted octanol–water partition coefficient (Wildman–Crippen LogP) is 4.98. The number of halogens is 2. The van der Waals surface area contributed by atoms with Gasteiger partial charge in [-0.25, -0.2) is 9.37 Å². The average Bonchev–Trinajstić information content (AvgIpc) is 2.48. The van der Waals surface area contributed by atoms with Crippen molar-refractivity contribution in [2.24, 2.45) is 5.92 Å². The minimum absolute atomic E-state index is 0.280. The van der Waals surface area contributed by atoms with Crippen LogP contribution in [0.4, 0.5) is 4.39 Å². The molecule has 4 heteroatoms. The van der Waals surface area contributed by atoms with Crippen molar-refractivity contribution < 1.29 is 4.39 Å². The van der Waals surface area contributed by atoms with E-state index >= 15 is 0 Å². The van der Waals surface area contributed by atoms with Crippen LogP contribution in [0.3, 0.4) is 0 Å². The van der Waals surface area contributed by atoms with E-state index < -0.39 is 0 Å². The number of nitrogens with zero attached hydrogens (tertiary/aromatic N) is 1. The number of benzene rings is 1. The van der Waals surface area contributed by atoms with E-state index in [-0.39, 0.29) is 5.82 Å². The summed E-state index contributed by atoms with van der Waals surface area (Å²) in [6.07, 6.45) is 0. The Morgan fingerprint density at radius 3 is 2.55 bits per heavy atom. The highest BCUT2D eigenvalue weighted by molar-refractivity contribution is 6.31. The average molecular weight is 321 g/mol. The van der Waals surface area contributed by atoms with E-state index in [1.807, 2.05) is 25.1 Å². The van der Waals surface area contributed by atoms with Crippen molar-refractivity contribution >= 4 is 11.6 Å². The molecule has 0 saturated heterocycles. The molecule has 0 aliphatic heterocycles. The summed E-state index contributed by atoms with van der Waals surface area (Å²) in [5.41, 5.74) is 3.13. The minimum atomic E-state index is -0.280. The second-order valence-corrected chi connectivity index (χ2v) is 6.41. The molecule has 1 heterocycles. The zero-order valence-electron chi connectivity index (χ0n) is 13.5. The van der Waals surface area contributed by atoms with E-state index in [2.05, 4.69) is 31.1 Å². The smallest absolute Gasteiger partial charge is 0.146 e. The van der Waals surface area contributed by atoms with Crippen LogP contribution in [-0.2, 0) is 6.54 Å². The summed E-state index contributed by atoms with van der Waals surface area (Å²) in [6, 6.07) is 9.20. The summed E-state index contributed by atoms with van der Waals surface area (Å²) in [7, 11) is 0. The predicted molar refractivity (Wildman–Crippen MR) is 90.5 cm³/mol. The van der Waals surface area contributed by atoms with E-state index in [4.69, 9.17) is 11.6 Å². The van der Waals surface area contributed by atoms with Crippen LogP contribution in [-0.4, -0.2) is 11.0 Å². The Hall–Kier alpha value is -1.45. The Bertz CT molecular complexity index is 656. The fourth-order valence-electron chi connectivity index (χ4n) is 2.07. The summed E-state index contributed by atoms with van der Waals surface area (Å²) in [6.45, 7) is 8.73. The van der Waals surface area contributed by atoms with E-state index in [1.165, 1.54) is 6.07 Å². The number of pyridine rings is 1. The lowest BCUT2D eigenvalue weighted by molar-refractivity contribution is 0.418. The van der Waals surface area contributed by atoms with Crippen molar-refractivity contribution in [3.63, 3.8) is 0 Å². The quantitative estimate of drug-likeness (QED) is 0.840. The minimum Gasteiger partial charge on any atom is -0.308 e. The van der Waals surface area contributed by atoms with Crippen molar-refractivity contribution in [2.45, 2.75) is 40.3 Å². The Labute approximate surface area is 136 Å². The molecule has 2 rings (SSSR count). The summed E-state index contributed by atoms with van der Waals surface area (Å²) in [4.78, 5) is 4.46. The molecular weight excluding hydrogens is 299 g/mol. The van der Waals surface area contributed by atoms with Gasteiger partial charge in [0, 0.05) is 23.2 Å². The molecule has 118 valence electrons. The van der Waals surface area contributed by atoms with Gasteiger partial charge in [-0.05, 0) is 49.6 Å². The Morgan fingerprint density at radius 1 is 1.18 bits per heavy atom. The zero-order valence-corrected chi connectivity index (χ0v) is 14.2. The van der Waals surface area contributed by atoms with E-state index in [0.29, 0.717) is 24.2 Å². The lowest BCUT2D eigenvalue weighted by Crippen LogP contribution is -2.30. The third kappa shape index (κ3) is 4.05. The van der Waals surface area contributed by atoms with Crippen molar-refractivity contribution in [3.8, 4) is 11.3 Å². The molecule has 2 nitrogen and oxygen atoms in total. The van der Waals surface area contributed by atoms with Gasteiger partial charge in [-0.1, -0.05) is 31.5 Å². The molecule has 0 radical (unpaired) electrons. The number of hydrogen-bond donors (Lipinski definition) is 1. The van der Waals surface area contributed by atoms with Crippen molar-refractivity contribution in [3.05, 3.63) is 52.4 Å². The fraction of sp³-hybridized carbons (Fsp3) is 0.389. The monoisotopic (exact) mass is 320 g/mol. The number of rotatable bonds is 5. The standard InChI is InChI=1S/C18H22ClFN2/c1-11(2)13(4)21-10-18-16(20)7-8-17(22-18)14-5-6-15(19)12(3)9-14/h5-9,11,13,21H,10H2,1-4H3/t13-/m1/s1.